The van der Waals surface area contributed by atoms with E-state index >= 15 is 0 Å². The molecule has 2 aromatic heterocycles. The standard InChI is InChI=1S/C14H22N4OS/c1-8-9-10(15)11(20-13(9)18(6)16-8)12(19)17(5)7-14(2,3)4/h7,15H2,1-6H3. The third kappa shape index (κ3) is 2.52. The fraction of sp³-hybridized carbons (Fsp3) is 0.571. The summed E-state index contributed by atoms with van der Waals surface area (Å²) in [6, 6.07) is 0. The Hall–Kier alpha value is -1.56. The summed E-state index contributed by atoms with van der Waals surface area (Å²) < 4.78 is 1.78. The third-order valence-corrected chi connectivity index (χ3v) is 4.40. The van der Waals surface area contributed by atoms with E-state index in [1.165, 1.54) is 11.3 Å². The first-order valence-electron chi connectivity index (χ1n) is 6.59. The first kappa shape index (κ1) is 14.8. The van der Waals surface area contributed by atoms with Crippen LogP contribution in [-0.2, 0) is 7.05 Å². The highest BCUT2D eigenvalue weighted by Gasteiger charge is 2.25. The van der Waals surface area contributed by atoms with E-state index in [9.17, 15) is 4.79 Å². The zero-order valence-electron chi connectivity index (χ0n) is 12.9. The largest absolute Gasteiger partial charge is 0.397 e. The zero-order valence-corrected chi connectivity index (χ0v) is 13.8. The van der Waals surface area contributed by atoms with Gasteiger partial charge in [0.2, 0.25) is 0 Å². The van der Waals surface area contributed by atoms with Crippen molar-refractivity contribution < 1.29 is 4.79 Å². The average molecular weight is 294 g/mol. The summed E-state index contributed by atoms with van der Waals surface area (Å²) in [4.78, 5) is 15.9. The van der Waals surface area contributed by atoms with Crippen molar-refractivity contribution in [1.29, 1.82) is 0 Å². The van der Waals surface area contributed by atoms with Crippen LogP contribution in [-0.4, -0.2) is 34.2 Å². The summed E-state index contributed by atoms with van der Waals surface area (Å²) >= 11 is 1.42. The molecule has 20 heavy (non-hydrogen) atoms. The van der Waals surface area contributed by atoms with Gasteiger partial charge < -0.3 is 10.6 Å². The molecule has 2 rings (SSSR count). The molecule has 0 radical (unpaired) electrons. The van der Waals surface area contributed by atoms with Gasteiger partial charge in [-0.15, -0.1) is 11.3 Å². The van der Waals surface area contributed by atoms with E-state index in [-0.39, 0.29) is 11.3 Å². The van der Waals surface area contributed by atoms with Gasteiger partial charge in [0, 0.05) is 20.6 Å². The Morgan fingerprint density at radius 3 is 2.55 bits per heavy atom. The Labute approximate surface area is 123 Å². The molecule has 0 bridgehead atoms. The summed E-state index contributed by atoms with van der Waals surface area (Å²) in [5.74, 6) is -0.0157. The van der Waals surface area contributed by atoms with Crippen LogP contribution in [0.3, 0.4) is 0 Å². The number of carbonyl (C=O) groups is 1. The molecule has 110 valence electrons. The molecule has 2 heterocycles. The number of carbonyl (C=O) groups excluding carboxylic acids is 1. The zero-order chi connectivity index (χ0) is 15.2. The van der Waals surface area contributed by atoms with Gasteiger partial charge in [0.25, 0.3) is 5.91 Å². The van der Waals surface area contributed by atoms with Crippen molar-refractivity contribution in [2.45, 2.75) is 27.7 Å². The van der Waals surface area contributed by atoms with Gasteiger partial charge in [-0.3, -0.25) is 9.48 Å². The molecular weight excluding hydrogens is 272 g/mol. The monoisotopic (exact) mass is 294 g/mol. The van der Waals surface area contributed by atoms with Gasteiger partial charge in [-0.1, -0.05) is 20.8 Å². The first-order valence-corrected chi connectivity index (χ1v) is 7.40. The number of hydrogen-bond donors (Lipinski definition) is 1. The van der Waals surface area contributed by atoms with E-state index in [1.807, 2.05) is 21.0 Å². The van der Waals surface area contributed by atoms with Crippen LogP contribution in [0.4, 0.5) is 5.69 Å². The number of thiophene rings is 1. The number of nitrogens with two attached hydrogens (primary N) is 1. The smallest absolute Gasteiger partial charge is 0.265 e. The Morgan fingerprint density at radius 2 is 2.05 bits per heavy atom. The highest BCUT2D eigenvalue weighted by molar-refractivity contribution is 7.21. The van der Waals surface area contributed by atoms with Gasteiger partial charge in [-0.05, 0) is 12.3 Å². The number of aromatic nitrogens is 2. The highest BCUT2D eigenvalue weighted by Crippen LogP contribution is 2.36. The van der Waals surface area contributed by atoms with Gasteiger partial charge >= 0.3 is 0 Å². The second-order valence-electron chi connectivity index (χ2n) is 6.46. The summed E-state index contributed by atoms with van der Waals surface area (Å²) in [5, 5.41) is 5.25. The lowest BCUT2D eigenvalue weighted by Crippen LogP contribution is -2.34. The normalized spacial score (nSPS) is 12.1. The molecule has 6 heteroatoms. The lowest BCUT2D eigenvalue weighted by atomic mass is 9.96. The number of amides is 1. The summed E-state index contributed by atoms with van der Waals surface area (Å²) in [6.45, 7) is 8.94. The number of aryl methyl sites for hydroxylation is 2. The van der Waals surface area contributed by atoms with E-state index in [4.69, 9.17) is 5.73 Å². The predicted molar refractivity (Wildman–Crippen MR) is 84.2 cm³/mol. The van der Waals surface area contributed by atoms with Gasteiger partial charge in [0.05, 0.1) is 16.8 Å². The molecule has 0 saturated carbocycles. The van der Waals surface area contributed by atoms with Crippen LogP contribution in [0, 0.1) is 12.3 Å². The molecule has 5 nitrogen and oxygen atoms in total. The molecule has 0 atom stereocenters. The Morgan fingerprint density at radius 1 is 1.45 bits per heavy atom. The number of anilines is 1. The molecule has 0 fully saturated rings. The lowest BCUT2D eigenvalue weighted by Gasteiger charge is -2.26. The lowest BCUT2D eigenvalue weighted by molar-refractivity contribution is 0.0751. The molecule has 2 aromatic rings. The maximum Gasteiger partial charge on any atom is 0.265 e. The van der Waals surface area contributed by atoms with Crippen molar-refractivity contribution in [1.82, 2.24) is 14.7 Å². The minimum absolute atomic E-state index is 0.0157. The molecule has 0 aliphatic rings. The fourth-order valence-electron chi connectivity index (χ4n) is 2.44. The van der Waals surface area contributed by atoms with Crippen molar-refractivity contribution in [3.63, 3.8) is 0 Å². The van der Waals surface area contributed by atoms with E-state index < -0.39 is 0 Å². The van der Waals surface area contributed by atoms with Crippen LogP contribution in [0.1, 0.15) is 36.1 Å². The number of nitrogen functional groups attached to an aromatic ring is 1. The molecule has 0 spiro atoms. The van der Waals surface area contributed by atoms with Gasteiger partial charge in [-0.25, -0.2) is 0 Å². The molecular formula is C14H22N4OS. The molecule has 0 aliphatic heterocycles. The minimum Gasteiger partial charge on any atom is -0.397 e. The number of hydrogen-bond acceptors (Lipinski definition) is 4. The van der Waals surface area contributed by atoms with E-state index in [1.54, 1.807) is 9.58 Å². The third-order valence-electron chi connectivity index (χ3n) is 3.13. The van der Waals surface area contributed by atoms with Crippen LogP contribution < -0.4 is 5.73 Å². The molecule has 2 N–H and O–H groups in total. The summed E-state index contributed by atoms with van der Waals surface area (Å²) in [5.41, 5.74) is 7.65. The predicted octanol–water partition coefficient (Wildman–Crippen LogP) is 2.64. The summed E-state index contributed by atoms with van der Waals surface area (Å²) in [6.07, 6.45) is 0. The second-order valence-corrected chi connectivity index (χ2v) is 7.45. The van der Waals surface area contributed by atoms with Crippen molar-refractivity contribution in [3.8, 4) is 0 Å². The molecule has 0 saturated heterocycles. The summed E-state index contributed by atoms with van der Waals surface area (Å²) in [7, 11) is 3.70. The van der Waals surface area contributed by atoms with Gasteiger partial charge in [-0.2, -0.15) is 5.10 Å². The SMILES string of the molecule is Cc1nn(C)c2sc(C(=O)N(C)CC(C)(C)C)c(N)c12. The van der Waals surface area contributed by atoms with E-state index in [0.717, 1.165) is 15.9 Å². The van der Waals surface area contributed by atoms with E-state index in [0.29, 0.717) is 17.1 Å². The van der Waals surface area contributed by atoms with Crippen molar-refractivity contribution >= 4 is 33.1 Å². The van der Waals surface area contributed by atoms with Crippen LogP contribution in [0.2, 0.25) is 0 Å². The van der Waals surface area contributed by atoms with Crippen molar-refractivity contribution in [2.24, 2.45) is 12.5 Å². The van der Waals surface area contributed by atoms with Crippen molar-refractivity contribution in [2.75, 3.05) is 19.3 Å². The minimum atomic E-state index is -0.0157. The maximum absolute atomic E-state index is 12.6. The van der Waals surface area contributed by atoms with E-state index in [2.05, 4.69) is 25.9 Å². The van der Waals surface area contributed by atoms with Gasteiger partial charge in [0.1, 0.15) is 9.71 Å². The van der Waals surface area contributed by atoms with Crippen LogP contribution in [0.15, 0.2) is 0 Å². The maximum atomic E-state index is 12.6. The first-order chi connectivity index (χ1) is 9.11. The average Bonchev–Trinajstić information content (AvgIpc) is 2.76. The number of fused-ring (bicyclic) bond motifs is 1. The Balaban J connectivity index is 2.41. The second kappa shape index (κ2) is 4.77. The fourth-order valence-corrected chi connectivity index (χ4v) is 3.63. The highest BCUT2D eigenvalue weighted by atomic mass is 32.1. The molecule has 0 aliphatic carbocycles. The van der Waals surface area contributed by atoms with Crippen LogP contribution in [0.5, 0.6) is 0 Å². The van der Waals surface area contributed by atoms with Crippen LogP contribution >= 0.6 is 11.3 Å². The Kier molecular flexibility index (Phi) is 3.54. The topological polar surface area (TPSA) is 64.2 Å². The van der Waals surface area contributed by atoms with Gasteiger partial charge in [0.15, 0.2) is 0 Å². The number of nitrogens with zero attached hydrogens (tertiary/aromatic N) is 3. The number of rotatable bonds is 2. The molecule has 0 unspecified atom stereocenters. The molecule has 1 amide bonds. The van der Waals surface area contributed by atoms with Crippen molar-refractivity contribution in [3.05, 3.63) is 10.6 Å². The Bertz CT molecular complexity index is 663. The quantitative estimate of drug-likeness (QED) is 0.926. The molecule has 0 aromatic carbocycles. The van der Waals surface area contributed by atoms with Crippen LogP contribution in [0.25, 0.3) is 10.2 Å².